The van der Waals surface area contributed by atoms with Crippen LogP contribution in [-0.2, 0) is 6.42 Å². The van der Waals surface area contributed by atoms with Gasteiger partial charge in [0.15, 0.2) is 0 Å². The van der Waals surface area contributed by atoms with Crippen LogP contribution >= 0.6 is 11.3 Å². The minimum absolute atomic E-state index is 0.886. The molecule has 3 nitrogen and oxygen atoms in total. The van der Waals surface area contributed by atoms with Crippen LogP contribution < -0.4 is 0 Å². The standard InChI is InChI=1S/C15H20N2OS/c1-3-5-8-13(4-2)9-6-7-10-15-16-11-14(19-15)12-17-18/h3-5,8,11-12,18H,2,6-7,9-10H2,1H3/b5-3-,13-8+,17-12+. The van der Waals surface area contributed by atoms with E-state index in [0.717, 1.165) is 35.6 Å². The summed E-state index contributed by atoms with van der Waals surface area (Å²) in [6, 6.07) is 0. The van der Waals surface area contributed by atoms with Gasteiger partial charge in [0.25, 0.3) is 0 Å². The zero-order valence-corrected chi connectivity index (χ0v) is 12.1. The van der Waals surface area contributed by atoms with E-state index < -0.39 is 0 Å². The van der Waals surface area contributed by atoms with Gasteiger partial charge in [0.2, 0.25) is 0 Å². The van der Waals surface area contributed by atoms with Crippen LogP contribution in [0, 0.1) is 0 Å². The summed E-state index contributed by atoms with van der Waals surface area (Å²) in [5.41, 5.74) is 1.27. The molecule has 1 rings (SSSR count). The number of unbranched alkanes of at least 4 members (excludes halogenated alkanes) is 1. The number of hydrogen-bond acceptors (Lipinski definition) is 4. The third-order valence-electron chi connectivity index (χ3n) is 2.63. The highest BCUT2D eigenvalue weighted by atomic mass is 32.1. The van der Waals surface area contributed by atoms with Gasteiger partial charge in [-0.3, -0.25) is 0 Å². The van der Waals surface area contributed by atoms with Gasteiger partial charge in [-0.05, 0) is 38.2 Å². The quantitative estimate of drug-likeness (QED) is 0.252. The van der Waals surface area contributed by atoms with Crippen LogP contribution in [0.4, 0.5) is 0 Å². The van der Waals surface area contributed by atoms with Crippen LogP contribution in [0.5, 0.6) is 0 Å². The Morgan fingerprint density at radius 3 is 3.05 bits per heavy atom. The molecule has 1 aromatic rings. The van der Waals surface area contributed by atoms with Gasteiger partial charge >= 0.3 is 0 Å². The summed E-state index contributed by atoms with van der Waals surface area (Å²) >= 11 is 1.57. The molecule has 0 aliphatic heterocycles. The van der Waals surface area contributed by atoms with Crippen LogP contribution in [0.2, 0.25) is 0 Å². The first kappa shape index (κ1) is 15.4. The fraction of sp³-hybridized carbons (Fsp3) is 0.333. The number of hydrogen-bond donors (Lipinski definition) is 1. The molecule has 0 aliphatic rings. The Balaban J connectivity index is 2.31. The number of thiazole rings is 1. The van der Waals surface area contributed by atoms with Crippen molar-refractivity contribution in [2.24, 2.45) is 5.16 Å². The Morgan fingerprint density at radius 1 is 1.53 bits per heavy atom. The van der Waals surface area contributed by atoms with Crippen molar-refractivity contribution in [3.63, 3.8) is 0 Å². The van der Waals surface area contributed by atoms with Crippen molar-refractivity contribution in [2.75, 3.05) is 0 Å². The fourth-order valence-corrected chi connectivity index (χ4v) is 2.46. The molecule has 0 saturated carbocycles. The van der Waals surface area contributed by atoms with Crippen molar-refractivity contribution >= 4 is 17.6 Å². The first-order valence-electron chi connectivity index (χ1n) is 6.36. The molecular weight excluding hydrogens is 256 g/mol. The van der Waals surface area contributed by atoms with Crippen LogP contribution in [0.3, 0.4) is 0 Å². The largest absolute Gasteiger partial charge is 0.411 e. The first-order valence-corrected chi connectivity index (χ1v) is 7.18. The van der Waals surface area contributed by atoms with Gasteiger partial charge in [0, 0.05) is 6.20 Å². The first-order chi connectivity index (χ1) is 9.30. The van der Waals surface area contributed by atoms with E-state index in [1.165, 1.54) is 11.8 Å². The highest BCUT2D eigenvalue weighted by Crippen LogP contribution is 2.16. The molecule has 0 spiro atoms. The van der Waals surface area contributed by atoms with Crippen LogP contribution in [0.25, 0.3) is 0 Å². The normalized spacial score (nSPS) is 12.6. The lowest BCUT2D eigenvalue weighted by atomic mass is 10.1. The minimum atomic E-state index is 0.886. The summed E-state index contributed by atoms with van der Waals surface area (Å²) < 4.78 is 0. The van der Waals surface area contributed by atoms with E-state index >= 15 is 0 Å². The van der Waals surface area contributed by atoms with Crippen molar-refractivity contribution in [3.05, 3.63) is 52.5 Å². The number of oxime groups is 1. The van der Waals surface area contributed by atoms with E-state index in [2.05, 4.69) is 22.8 Å². The minimum Gasteiger partial charge on any atom is -0.411 e. The summed E-state index contributed by atoms with van der Waals surface area (Å²) in [6.45, 7) is 5.83. The molecule has 102 valence electrons. The molecule has 1 heterocycles. The topological polar surface area (TPSA) is 45.5 Å². The molecule has 0 unspecified atom stereocenters. The summed E-state index contributed by atoms with van der Waals surface area (Å²) in [4.78, 5) is 5.18. The van der Waals surface area contributed by atoms with Crippen LogP contribution in [0.15, 0.2) is 47.8 Å². The Labute approximate surface area is 118 Å². The SMILES string of the molecule is C=C/C(=C\C=C/C)CCCCc1ncc(/C=N/O)s1. The molecule has 0 saturated heterocycles. The maximum Gasteiger partial charge on any atom is 0.0931 e. The Kier molecular flexibility index (Phi) is 7.51. The average Bonchev–Trinajstić information content (AvgIpc) is 2.86. The zero-order chi connectivity index (χ0) is 13.9. The van der Waals surface area contributed by atoms with E-state index in [-0.39, 0.29) is 0 Å². The van der Waals surface area contributed by atoms with E-state index in [1.54, 1.807) is 17.5 Å². The molecule has 0 aromatic carbocycles. The van der Waals surface area contributed by atoms with Gasteiger partial charge in [0.05, 0.1) is 16.1 Å². The van der Waals surface area contributed by atoms with Gasteiger partial charge < -0.3 is 5.21 Å². The average molecular weight is 276 g/mol. The lowest BCUT2D eigenvalue weighted by Gasteiger charge is -2.00. The molecule has 0 fully saturated rings. The zero-order valence-electron chi connectivity index (χ0n) is 11.2. The number of allylic oxidation sites excluding steroid dienone is 5. The molecule has 0 atom stereocenters. The maximum absolute atomic E-state index is 8.43. The van der Waals surface area contributed by atoms with Crippen molar-refractivity contribution in [3.8, 4) is 0 Å². The van der Waals surface area contributed by atoms with E-state index in [1.807, 2.05) is 25.2 Å². The predicted molar refractivity (Wildman–Crippen MR) is 82.1 cm³/mol. The van der Waals surface area contributed by atoms with Crippen LogP contribution in [-0.4, -0.2) is 16.4 Å². The number of nitrogens with zero attached hydrogens (tertiary/aromatic N) is 2. The molecule has 1 N–H and O–H groups in total. The predicted octanol–water partition coefficient (Wildman–Crippen LogP) is 4.35. The lowest BCUT2D eigenvalue weighted by Crippen LogP contribution is -1.85. The number of rotatable bonds is 8. The summed E-state index contributed by atoms with van der Waals surface area (Å²) in [7, 11) is 0. The Bertz CT molecular complexity index is 472. The monoisotopic (exact) mass is 276 g/mol. The highest BCUT2D eigenvalue weighted by Gasteiger charge is 2.00. The van der Waals surface area contributed by atoms with Crippen molar-refractivity contribution < 1.29 is 5.21 Å². The second kappa shape index (κ2) is 9.28. The van der Waals surface area contributed by atoms with Gasteiger partial charge in [-0.25, -0.2) is 4.98 Å². The van der Waals surface area contributed by atoms with E-state index in [4.69, 9.17) is 5.21 Å². The molecule has 0 radical (unpaired) electrons. The second-order valence-corrected chi connectivity index (χ2v) is 5.23. The smallest absolute Gasteiger partial charge is 0.0931 e. The maximum atomic E-state index is 8.43. The molecule has 0 bridgehead atoms. The molecule has 19 heavy (non-hydrogen) atoms. The molecule has 1 aromatic heterocycles. The third kappa shape index (κ3) is 6.15. The third-order valence-corrected chi connectivity index (χ3v) is 3.62. The Hall–Kier alpha value is -1.68. The fourth-order valence-electron chi connectivity index (χ4n) is 1.64. The number of aromatic nitrogens is 1. The van der Waals surface area contributed by atoms with Crippen molar-refractivity contribution in [1.29, 1.82) is 0 Å². The van der Waals surface area contributed by atoms with Crippen molar-refractivity contribution in [1.82, 2.24) is 4.98 Å². The van der Waals surface area contributed by atoms with Gasteiger partial charge in [-0.15, -0.1) is 11.3 Å². The second-order valence-electron chi connectivity index (χ2n) is 4.08. The van der Waals surface area contributed by atoms with E-state index in [9.17, 15) is 0 Å². The van der Waals surface area contributed by atoms with Gasteiger partial charge in [-0.2, -0.15) is 0 Å². The Morgan fingerprint density at radius 2 is 2.37 bits per heavy atom. The molecule has 4 heteroatoms. The summed E-state index contributed by atoms with van der Waals surface area (Å²) in [5, 5.41) is 12.5. The molecular formula is C15H20N2OS. The summed E-state index contributed by atoms with van der Waals surface area (Å²) in [5.74, 6) is 0. The highest BCUT2D eigenvalue weighted by molar-refractivity contribution is 7.13. The van der Waals surface area contributed by atoms with E-state index in [0.29, 0.717) is 0 Å². The lowest BCUT2D eigenvalue weighted by molar-refractivity contribution is 0.322. The van der Waals surface area contributed by atoms with Gasteiger partial charge in [0.1, 0.15) is 0 Å². The van der Waals surface area contributed by atoms with Crippen LogP contribution in [0.1, 0.15) is 36.1 Å². The summed E-state index contributed by atoms with van der Waals surface area (Å²) in [6.07, 6.45) is 15.5. The number of aryl methyl sites for hydroxylation is 1. The molecule has 0 aliphatic carbocycles. The van der Waals surface area contributed by atoms with Gasteiger partial charge in [-0.1, -0.05) is 36.0 Å². The molecule has 0 amide bonds. The van der Waals surface area contributed by atoms with Crippen molar-refractivity contribution in [2.45, 2.75) is 32.6 Å².